The van der Waals surface area contributed by atoms with Crippen LogP contribution in [0.1, 0.15) is 18.9 Å². The molecule has 0 bridgehead atoms. The third-order valence-electron chi connectivity index (χ3n) is 2.61. The van der Waals surface area contributed by atoms with Crippen molar-refractivity contribution < 1.29 is 17.3 Å². The molecule has 1 rings (SSSR count). The van der Waals surface area contributed by atoms with Crippen LogP contribution in [0, 0.1) is 12.8 Å². The van der Waals surface area contributed by atoms with Crippen LogP contribution in [0.5, 0.6) is 0 Å². The van der Waals surface area contributed by atoms with E-state index in [4.69, 9.17) is 8.92 Å². The zero-order valence-corrected chi connectivity index (χ0v) is 11.9. The average Bonchev–Trinajstić information content (AvgIpc) is 2.29. The van der Waals surface area contributed by atoms with Gasteiger partial charge >= 0.3 is 0 Å². The Morgan fingerprint density at radius 3 is 2.39 bits per heavy atom. The summed E-state index contributed by atoms with van der Waals surface area (Å²) in [6.45, 7) is 4.68. The first kappa shape index (κ1) is 15.1. The molecule has 0 radical (unpaired) electrons. The highest BCUT2D eigenvalue weighted by Gasteiger charge is 2.15. The van der Waals surface area contributed by atoms with Crippen LogP contribution >= 0.6 is 0 Å². The summed E-state index contributed by atoms with van der Waals surface area (Å²) in [6, 6.07) is 6.63. The van der Waals surface area contributed by atoms with Gasteiger partial charge in [-0.1, -0.05) is 24.6 Å². The van der Waals surface area contributed by atoms with E-state index in [9.17, 15) is 8.42 Å². The van der Waals surface area contributed by atoms with Crippen LogP contribution in [-0.2, 0) is 19.0 Å². The zero-order chi connectivity index (χ0) is 13.6. The zero-order valence-electron chi connectivity index (χ0n) is 11.0. The molecule has 0 amide bonds. The monoisotopic (exact) mass is 272 g/mol. The Hall–Kier alpha value is -0.910. The lowest BCUT2D eigenvalue weighted by atomic mass is 10.1. The first-order chi connectivity index (χ1) is 8.45. The maximum absolute atomic E-state index is 11.8. The number of aryl methyl sites for hydroxylation is 1. The Morgan fingerprint density at radius 1 is 1.22 bits per heavy atom. The van der Waals surface area contributed by atoms with Crippen molar-refractivity contribution in [3.05, 3.63) is 29.8 Å². The minimum absolute atomic E-state index is 0.181. The topological polar surface area (TPSA) is 52.6 Å². The summed E-state index contributed by atoms with van der Waals surface area (Å²) in [5, 5.41) is 0. The van der Waals surface area contributed by atoms with Crippen LogP contribution < -0.4 is 0 Å². The molecule has 0 heterocycles. The number of methoxy groups -OCH3 is 1. The number of hydrogen-bond donors (Lipinski definition) is 0. The van der Waals surface area contributed by atoms with Crippen molar-refractivity contribution >= 4 is 10.1 Å². The van der Waals surface area contributed by atoms with Crippen LogP contribution in [0.25, 0.3) is 0 Å². The Labute approximate surface area is 109 Å². The predicted octanol–water partition coefficient (Wildman–Crippen LogP) is 2.37. The van der Waals surface area contributed by atoms with Crippen LogP contribution in [0.15, 0.2) is 29.2 Å². The lowest BCUT2D eigenvalue weighted by Gasteiger charge is -2.10. The second-order valence-corrected chi connectivity index (χ2v) is 6.05. The lowest BCUT2D eigenvalue weighted by molar-refractivity contribution is 0.145. The predicted molar refractivity (Wildman–Crippen MR) is 70.0 cm³/mol. The molecular formula is C13H20O4S. The Bertz CT molecular complexity index is 450. The third kappa shape index (κ3) is 4.76. The van der Waals surface area contributed by atoms with Crippen molar-refractivity contribution in [1.82, 2.24) is 0 Å². The summed E-state index contributed by atoms with van der Waals surface area (Å²) in [6.07, 6.45) is 0.652. The van der Waals surface area contributed by atoms with Gasteiger partial charge in [0.15, 0.2) is 0 Å². The largest absolute Gasteiger partial charge is 0.384 e. The smallest absolute Gasteiger partial charge is 0.296 e. The fourth-order valence-corrected chi connectivity index (χ4v) is 2.42. The molecule has 0 fully saturated rings. The van der Waals surface area contributed by atoms with Crippen molar-refractivity contribution in [3.8, 4) is 0 Å². The molecule has 0 saturated carbocycles. The lowest BCUT2D eigenvalue weighted by Crippen LogP contribution is -2.12. The van der Waals surface area contributed by atoms with E-state index in [0.717, 1.165) is 5.56 Å². The van der Waals surface area contributed by atoms with Gasteiger partial charge in [-0.3, -0.25) is 4.18 Å². The number of ether oxygens (including phenoxy) is 1. The Morgan fingerprint density at radius 2 is 1.83 bits per heavy atom. The molecule has 5 heteroatoms. The maximum atomic E-state index is 11.8. The minimum atomic E-state index is -3.63. The average molecular weight is 272 g/mol. The number of benzene rings is 1. The summed E-state index contributed by atoms with van der Waals surface area (Å²) in [7, 11) is -2.00. The van der Waals surface area contributed by atoms with E-state index >= 15 is 0 Å². The number of rotatable bonds is 7. The summed E-state index contributed by atoms with van der Waals surface area (Å²) in [4.78, 5) is 0.201. The van der Waals surface area contributed by atoms with Gasteiger partial charge in [-0.25, -0.2) is 0 Å². The van der Waals surface area contributed by atoms with Crippen molar-refractivity contribution in [1.29, 1.82) is 0 Å². The highest BCUT2D eigenvalue weighted by molar-refractivity contribution is 7.86. The van der Waals surface area contributed by atoms with E-state index < -0.39 is 10.1 Å². The molecular weight excluding hydrogens is 252 g/mol. The highest BCUT2D eigenvalue weighted by atomic mass is 32.2. The van der Waals surface area contributed by atoms with Gasteiger partial charge in [0.2, 0.25) is 0 Å². The fourth-order valence-electron chi connectivity index (χ4n) is 1.50. The van der Waals surface area contributed by atoms with Crippen molar-refractivity contribution in [3.63, 3.8) is 0 Å². The molecule has 0 unspecified atom stereocenters. The van der Waals surface area contributed by atoms with E-state index in [1.165, 1.54) is 0 Å². The van der Waals surface area contributed by atoms with Crippen LogP contribution in [0.2, 0.25) is 0 Å². The SMILES string of the molecule is COC[C@@H](C)CCOS(=O)(=O)c1ccc(C)cc1. The molecule has 0 saturated heterocycles. The van der Waals surface area contributed by atoms with Gasteiger partial charge in [0.1, 0.15) is 0 Å². The maximum Gasteiger partial charge on any atom is 0.296 e. The van der Waals surface area contributed by atoms with Gasteiger partial charge in [-0.15, -0.1) is 0 Å². The van der Waals surface area contributed by atoms with Gasteiger partial charge in [0.25, 0.3) is 10.1 Å². The van der Waals surface area contributed by atoms with Crippen molar-refractivity contribution in [2.75, 3.05) is 20.3 Å². The molecule has 0 aromatic heterocycles. The molecule has 4 nitrogen and oxygen atoms in total. The van der Waals surface area contributed by atoms with Gasteiger partial charge in [-0.05, 0) is 31.4 Å². The summed E-state index contributed by atoms with van der Waals surface area (Å²) < 4.78 is 33.6. The molecule has 0 spiro atoms. The molecule has 1 aromatic carbocycles. The van der Waals surface area contributed by atoms with Crippen LogP contribution in [-0.4, -0.2) is 28.7 Å². The third-order valence-corrected chi connectivity index (χ3v) is 3.94. The van der Waals surface area contributed by atoms with Crippen LogP contribution in [0.4, 0.5) is 0 Å². The first-order valence-electron chi connectivity index (χ1n) is 5.90. The summed E-state index contributed by atoms with van der Waals surface area (Å²) in [5.41, 5.74) is 1.02. The molecule has 1 atom stereocenters. The van der Waals surface area contributed by atoms with Crippen molar-refractivity contribution in [2.45, 2.75) is 25.2 Å². The molecule has 0 aliphatic heterocycles. The molecule has 1 aromatic rings. The van der Waals surface area contributed by atoms with Crippen LogP contribution in [0.3, 0.4) is 0 Å². The summed E-state index contributed by atoms with van der Waals surface area (Å²) >= 11 is 0. The Kier molecular flexibility index (Phi) is 5.78. The van der Waals surface area contributed by atoms with E-state index in [2.05, 4.69) is 0 Å². The van der Waals surface area contributed by atoms with Gasteiger partial charge in [-0.2, -0.15) is 8.42 Å². The van der Waals surface area contributed by atoms with E-state index in [1.54, 1.807) is 31.4 Å². The van der Waals surface area contributed by atoms with Gasteiger partial charge < -0.3 is 4.74 Å². The molecule has 0 aliphatic carbocycles. The number of hydrogen-bond acceptors (Lipinski definition) is 4. The standard InChI is InChI=1S/C13H20O4S/c1-11-4-6-13(7-5-11)18(14,15)17-9-8-12(2)10-16-3/h4-7,12H,8-10H2,1-3H3/t12-/m0/s1. The van der Waals surface area contributed by atoms with E-state index in [-0.39, 0.29) is 17.4 Å². The molecule has 0 N–H and O–H groups in total. The van der Waals surface area contributed by atoms with Gasteiger partial charge in [0, 0.05) is 13.7 Å². The molecule has 0 aliphatic rings. The van der Waals surface area contributed by atoms with Gasteiger partial charge in [0.05, 0.1) is 11.5 Å². The van der Waals surface area contributed by atoms with Crippen molar-refractivity contribution in [2.24, 2.45) is 5.92 Å². The fraction of sp³-hybridized carbons (Fsp3) is 0.538. The molecule has 18 heavy (non-hydrogen) atoms. The minimum Gasteiger partial charge on any atom is -0.384 e. The first-order valence-corrected chi connectivity index (χ1v) is 7.31. The van der Waals surface area contributed by atoms with E-state index in [0.29, 0.717) is 13.0 Å². The molecule has 102 valence electrons. The normalized spacial score (nSPS) is 13.5. The quantitative estimate of drug-likeness (QED) is 0.715. The highest BCUT2D eigenvalue weighted by Crippen LogP contribution is 2.14. The summed E-state index contributed by atoms with van der Waals surface area (Å²) in [5.74, 6) is 0.281. The van der Waals surface area contributed by atoms with E-state index in [1.807, 2.05) is 13.8 Å². The second kappa shape index (κ2) is 6.87. The second-order valence-electron chi connectivity index (χ2n) is 4.44. The Balaban J connectivity index is 2.52.